The van der Waals surface area contributed by atoms with Gasteiger partial charge >= 0.3 is 0 Å². The first-order chi connectivity index (χ1) is 9.93. The van der Waals surface area contributed by atoms with Crippen molar-refractivity contribution in [3.63, 3.8) is 0 Å². The van der Waals surface area contributed by atoms with Crippen LogP contribution in [0.4, 0.5) is 0 Å². The first kappa shape index (κ1) is 11.1. The van der Waals surface area contributed by atoms with Crippen molar-refractivity contribution in [1.82, 2.24) is 15.0 Å². The molecule has 0 spiro atoms. The highest BCUT2D eigenvalue weighted by molar-refractivity contribution is 6.04. The summed E-state index contributed by atoms with van der Waals surface area (Å²) >= 11 is 0. The molecule has 3 aromatic rings. The Bertz CT molecular complexity index is 760. The number of rotatable bonds is 1. The minimum atomic E-state index is 0.961. The fourth-order valence-electron chi connectivity index (χ4n) is 2.55. The monoisotopic (exact) mass is 257 g/mol. The smallest absolute Gasteiger partial charge is 0.0971 e. The standard InChI is InChI=1S/C17H11N3/c1-3-13-15(11-12-5-9-18-10-6-12)14-4-2-8-20-17(14)16(13)19-7-1/h1-11H. The van der Waals surface area contributed by atoms with Crippen LogP contribution in [0.5, 0.6) is 0 Å². The van der Waals surface area contributed by atoms with E-state index >= 15 is 0 Å². The van der Waals surface area contributed by atoms with Gasteiger partial charge in [-0.1, -0.05) is 12.1 Å². The minimum Gasteiger partial charge on any atom is -0.265 e. The van der Waals surface area contributed by atoms with Crippen molar-refractivity contribution in [2.24, 2.45) is 0 Å². The number of fused-ring (bicyclic) bond motifs is 3. The summed E-state index contributed by atoms with van der Waals surface area (Å²) in [5, 5.41) is 0. The van der Waals surface area contributed by atoms with Gasteiger partial charge in [0.05, 0.1) is 11.4 Å². The molecule has 0 unspecified atom stereocenters. The third-order valence-electron chi connectivity index (χ3n) is 3.44. The topological polar surface area (TPSA) is 38.7 Å². The van der Waals surface area contributed by atoms with E-state index in [4.69, 9.17) is 0 Å². The number of aromatic nitrogens is 3. The number of hydrogen-bond donors (Lipinski definition) is 0. The summed E-state index contributed by atoms with van der Waals surface area (Å²) in [5.41, 5.74) is 6.49. The van der Waals surface area contributed by atoms with Crippen LogP contribution in [-0.2, 0) is 0 Å². The molecule has 0 atom stereocenters. The van der Waals surface area contributed by atoms with E-state index in [2.05, 4.69) is 33.2 Å². The zero-order valence-corrected chi connectivity index (χ0v) is 10.7. The van der Waals surface area contributed by atoms with Crippen LogP contribution in [0, 0.1) is 0 Å². The zero-order chi connectivity index (χ0) is 13.4. The molecule has 0 aromatic carbocycles. The molecule has 1 aliphatic rings. The molecule has 0 N–H and O–H groups in total. The predicted octanol–water partition coefficient (Wildman–Crippen LogP) is 3.44. The molecule has 3 heterocycles. The van der Waals surface area contributed by atoms with Gasteiger partial charge in [0.2, 0.25) is 0 Å². The van der Waals surface area contributed by atoms with E-state index in [1.807, 2.05) is 36.7 Å². The molecule has 0 fully saturated rings. The molecule has 20 heavy (non-hydrogen) atoms. The van der Waals surface area contributed by atoms with Gasteiger partial charge in [-0.3, -0.25) is 15.0 Å². The second-order valence-corrected chi connectivity index (χ2v) is 4.64. The summed E-state index contributed by atoms with van der Waals surface area (Å²) in [6.07, 6.45) is 9.39. The third kappa shape index (κ3) is 1.64. The molecule has 0 amide bonds. The van der Waals surface area contributed by atoms with E-state index in [9.17, 15) is 0 Å². The lowest BCUT2D eigenvalue weighted by atomic mass is 10.0. The molecule has 0 saturated carbocycles. The lowest BCUT2D eigenvalue weighted by Crippen LogP contribution is -1.84. The Kier molecular flexibility index (Phi) is 2.42. The van der Waals surface area contributed by atoms with Crippen LogP contribution >= 0.6 is 0 Å². The van der Waals surface area contributed by atoms with Crippen molar-refractivity contribution >= 4 is 11.6 Å². The highest BCUT2D eigenvalue weighted by Crippen LogP contribution is 2.42. The van der Waals surface area contributed by atoms with Gasteiger partial charge in [-0.15, -0.1) is 0 Å². The van der Waals surface area contributed by atoms with Crippen molar-refractivity contribution < 1.29 is 0 Å². The molecule has 4 rings (SSSR count). The van der Waals surface area contributed by atoms with Gasteiger partial charge in [0.25, 0.3) is 0 Å². The lowest BCUT2D eigenvalue weighted by molar-refractivity contribution is 1.26. The van der Waals surface area contributed by atoms with Crippen LogP contribution in [0.15, 0.2) is 61.2 Å². The third-order valence-corrected chi connectivity index (χ3v) is 3.44. The maximum absolute atomic E-state index is 4.48. The van der Waals surface area contributed by atoms with Crippen LogP contribution in [0.1, 0.15) is 16.7 Å². The molecule has 94 valence electrons. The molecule has 0 saturated heterocycles. The molecule has 0 bridgehead atoms. The summed E-state index contributed by atoms with van der Waals surface area (Å²) in [7, 11) is 0. The van der Waals surface area contributed by atoms with Gasteiger partial charge in [-0.2, -0.15) is 0 Å². The van der Waals surface area contributed by atoms with E-state index in [1.54, 1.807) is 12.4 Å². The number of nitrogens with zero attached hydrogens (tertiary/aromatic N) is 3. The van der Waals surface area contributed by atoms with Crippen molar-refractivity contribution in [3.05, 3.63) is 77.9 Å². The normalized spacial score (nSPS) is 11.9. The molecule has 3 heteroatoms. The highest BCUT2D eigenvalue weighted by Gasteiger charge is 2.24. The molecule has 1 aliphatic carbocycles. The number of hydrogen-bond acceptors (Lipinski definition) is 3. The van der Waals surface area contributed by atoms with Crippen molar-refractivity contribution in [2.75, 3.05) is 0 Å². The fraction of sp³-hybridized carbons (Fsp3) is 0. The molecule has 0 aliphatic heterocycles. The van der Waals surface area contributed by atoms with Gasteiger partial charge in [-0.25, -0.2) is 0 Å². The van der Waals surface area contributed by atoms with E-state index in [-0.39, 0.29) is 0 Å². The summed E-state index contributed by atoms with van der Waals surface area (Å²) in [5.74, 6) is 0. The van der Waals surface area contributed by atoms with E-state index in [1.165, 1.54) is 5.57 Å². The predicted molar refractivity (Wildman–Crippen MR) is 78.7 cm³/mol. The van der Waals surface area contributed by atoms with Crippen molar-refractivity contribution in [1.29, 1.82) is 0 Å². The van der Waals surface area contributed by atoms with Crippen LogP contribution < -0.4 is 0 Å². The Labute approximate surface area is 116 Å². The summed E-state index contributed by atoms with van der Waals surface area (Å²) < 4.78 is 0. The average Bonchev–Trinajstić information content (AvgIpc) is 2.84. The second kappa shape index (κ2) is 4.38. The van der Waals surface area contributed by atoms with Gasteiger partial charge < -0.3 is 0 Å². The van der Waals surface area contributed by atoms with Gasteiger partial charge in [0.1, 0.15) is 0 Å². The maximum Gasteiger partial charge on any atom is 0.0971 e. The molecular weight excluding hydrogens is 246 g/mol. The Hall–Kier alpha value is -2.81. The van der Waals surface area contributed by atoms with Crippen LogP contribution in [0.25, 0.3) is 23.0 Å². The van der Waals surface area contributed by atoms with Crippen LogP contribution in [0.3, 0.4) is 0 Å². The Balaban J connectivity index is 1.99. The van der Waals surface area contributed by atoms with Crippen LogP contribution in [-0.4, -0.2) is 15.0 Å². The Morgan fingerprint density at radius 2 is 1.30 bits per heavy atom. The number of pyridine rings is 3. The summed E-state index contributed by atoms with van der Waals surface area (Å²) in [4.78, 5) is 13.0. The highest BCUT2D eigenvalue weighted by atomic mass is 14.8. The first-order valence-corrected chi connectivity index (χ1v) is 6.46. The molecule has 3 nitrogen and oxygen atoms in total. The largest absolute Gasteiger partial charge is 0.265 e. The van der Waals surface area contributed by atoms with Gasteiger partial charge in [-0.05, 0) is 41.5 Å². The Morgan fingerprint density at radius 1 is 0.700 bits per heavy atom. The SMILES string of the molecule is C(=C1c2cccnc2-c2ncccc21)c1ccncc1. The summed E-state index contributed by atoms with van der Waals surface area (Å²) in [6.45, 7) is 0. The minimum absolute atomic E-state index is 0.961. The molecule has 3 aromatic heterocycles. The van der Waals surface area contributed by atoms with E-state index in [0.717, 1.165) is 28.1 Å². The van der Waals surface area contributed by atoms with Crippen molar-refractivity contribution in [3.8, 4) is 11.4 Å². The van der Waals surface area contributed by atoms with E-state index < -0.39 is 0 Å². The van der Waals surface area contributed by atoms with E-state index in [0.29, 0.717) is 0 Å². The zero-order valence-electron chi connectivity index (χ0n) is 10.7. The fourth-order valence-corrected chi connectivity index (χ4v) is 2.55. The van der Waals surface area contributed by atoms with Crippen LogP contribution in [0.2, 0.25) is 0 Å². The molecule has 0 radical (unpaired) electrons. The maximum atomic E-state index is 4.48. The van der Waals surface area contributed by atoms with Gasteiger partial charge in [0.15, 0.2) is 0 Å². The van der Waals surface area contributed by atoms with Crippen molar-refractivity contribution in [2.45, 2.75) is 0 Å². The quantitative estimate of drug-likeness (QED) is 0.524. The first-order valence-electron chi connectivity index (χ1n) is 6.46. The summed E-state index contributed by atoms with van der Waals surface area (Å²) in [6, 6.07) is 12.1. The Morgan fingerprint density at radius 3 is 1.90 bits per heavy atom. The average molecular weight is 257 g/mol. The lowest BCUT2D eigenvalue weighted by Gasteiger charge is -2.01. The molecular formula is C17H11N3. The second-order valence-electron chi connectivity index (χ2n) is 4.64. The van der Waals surface area contributed by atoms with Gasteiger partial charge in [0, 0.05) is 35.9 Å².